The Morgan fingerprint density at radius 3 is 2.75 bits per heavy atom. The highest BCUT2D eigenvalue weighted by Crippen LogP contribution is 2.40. The van der Waals surface area contributed by atoms with Gasteiger partial charge < -0.3 is 10.6 Å². The van der Waals surface area contributed by atoms with Crippen LogP contribution in [0.3, 0.4) is 0 Å². The molecule has 2 atom stereocenters. The van der Waals surface area contributed by atoms with Crippen molar-refractivity contribution in [1.82, 2.24) is 0 Å². The lowest BCUT2D eigenvalue weighted by Crippen LogP contribution is -2.35. The zero-order chi connectivity index (χ0) is 11.0. The van der Waals surface area contributed by atoms with E-state index in [-0.39, 0.29) is 0 Å². The fourth-order valence-electron chi connectivity index (χ4n) is 3.45. The molecule has 1 aliphatic carbocycles. The third kappa shape index (κ3) is 1.57. The zero-order valence-corrected chi connectivity index (χ0v) is 9.73. The molecule has 2 nitrogen and oxygen atoms in total. The van der Waals surface area contributed by atoms with Crippen LogP contribution in [0.1, 0.15) is 32.1 Å². The Morgan fingerprint density at radius 2 is 1.88 bits per heavy atom. The molecule has 1 saturated carbocycles. The monoisotopic (exact) mass is 216 g/mol. The Hall–Kier alpha value is -1.18. The molecule has 2 fully saturated rings. The van der Waals surface area contributed by atoms with Gasteiger partial charge >= 0.3 is 0 Å². The number of para-hydroxylation sites is 2. The second kappa shape index (κ2) is 4.00. The molecule has 1 aliphatic heterocycles. The zero-order valence-electron chi connectivity index (χ0n) is 9.73. The minimum atomic E-state index is 0.762. The first kappa shape index (κ1) is 10.0. The van der Waals surface area contributed by atoms with Crippen molar-refractivity contribution in [2.24, 2.45) is 5.92 Å². The van der Waals surface area contributed by atoms with Crippen molar-refractivity contribution in [3.05, 3.63) is 24.3 Å². The number of anilines is 2. The molecule has 2 N–H and O–H groups in total. The van der Waals surface area contributed by atoms with Crippen molar-refractivity contribution < 1.29 is 0 Å². The number of rotatable bonds is 1. The minimum absolute atomic E-state index is 0.762. The van der Waals surface area contributed by atoms with Crippen LogP contribution in [0, 0.1) is 5.92 Å². The van der Waals surface area contributed by atoms with Crippen LogP contribution < -0.4 is 10.6 Å². The largest absolute Gasteiger partial charge is 0.397 e. The molecule has 0 amide bonds. The van der Waals surface area contributed by atoms with Gasteiger partial charge in [0.2, 0.25) is 0 Å². The van der Waals surface area contributed by atoms with Crippen molar-refractivity contribution in [3.63, 3.8) is 0 Å². The minimum Gasteiger partial charge on any atom is -0.397 e. The van der Waals surface area contributed by atoms with Gasteiger partial charge in [0.1, 0.15) is 0 Å². The molecule has 86 valence electrons. The maximum absolute atomic E-state index is 6.08. The van der Waals surface area contributed by atoms with Gasteiger partial charge in [0.25, 0.3) is 0 Å². The fourth-order valence-corrected chi connectivity index (χ4v) is 3.45. The van der Waals surface area contributed by atoms with Crippen LogP contribution in [-0.4, -0.2) is 12.6 Å². The molecule has 0 radical (unpaired) electrons. The quantitative estimate of drug-likeness (QED) is 0.731. The second-order valence-corrected chi connectivity index (χ2v) is 5.15. The smallest absolute Gasteiger partial charge is 0.0602 e. The summed E-state index contributed by atoms with van der Waals surface area (Å²) < 4.78 is 0. The highest BCUT2D eigenvalue weighted by atomic mass is 15.2. The van der Waals surface area contributed by atoms with Crippen LogP contribution in [-0.2, 0) is 0 Å². The Balaban J connectivity index is 1.88. The summed E-state index contributed by atoms with van der Waals surface area (Å²) in [5.41, 5.74) is 8.28. The van der Waals surface area contributed by atoms with E-state index in [1.165, 1.54) is 44.3 Å². The van der Waals surface area contributed by atoms with E-state index >= 15 is 0 Å². The second-order valence-electron chi connectivity index (χ2n) is 5.15. The van der Waals surface area contributed by atoms with E-state index in [0.717, 1.165) is 17.6 Å². The molecule has 0 aromatic heterocycles. The Bertz CT molecular complexity index is 375. The topological polar surface area (TPSA) is 29.3 Å². The first-order valence-electron chi connectivity index (χ1n) is 6.47. The normalized spacial score (nSPS) is 29.1. The maximum atomic E-state index is 6.08. The number of nitrogens with two attached hydrogens (primary N) is 1. The lowest BCUT2D eigenvalue weighted by Gasteiger charge is -2.33. The van der Waals surface area contributed by atoms with Crippen molar-refractivity contribution in [2.75, 3.05) is 17.2 Å². The third-order valence-corrected chi connectivity index (χ3v) is 4.26. The highest BCUT2D eigenvalue weighted by molar-refractivity contribution is 5.68. The molecule has 1 aromatic rings. The highest BCUT2D eigenvalue weighted by Gasteiger charge is 2.36. The standard InChI is InChI=1S/C14H20N2/c15-12-6-2-4-8-14(12)16-10-9-11-5-1-3-7-13(11)16/h2,4,6,8,11,13H,1,3,5,7,9-10,15H2. The van der Waals surface area contributed by atoms with Gasteiger partial charge in [-0.15, -0.1) is 0 Å². The summed E-state index contributed by atoms with van der Waals surface area (Å²) in [6, 6.07) is 9.07. The van der Waals surface area contributed by atoms with E-state index < -0.39 is 0 Å². The summed E-state index contributed by atoms with van der Waals surface area (Å²) in [6.45, 7) is 1.20. The summed E-state index contributed by atoms with van der Waals surface area (Å²) in [5.74, 6) is 0.924. The third-order valence-electron chi connectivity index (χ3n) is 4.26. The van der Waals surface area contributed by atoms with Crippen LogP contribution in [0.15, 0.2) is 24.3 Å². The lowest BCUT2D eigenvalue weighted by atomic mass is 9.85. The Kier molecular flexibility index (Phi) is 2.50. The van der Waals surface area contributed by atoms with Gasteiger partial charge in [0, 0.05) is 12.6 Å². The number of nitrogens with zero attached hydrogens (tertiary/aromatic N) is 1. The van der Waals surface area contributed by atoms with Crippen LogP contribution in [0.4, 0.5) is 11.4 Å². The van der Waals surface area contributed by atoms with Crippen LogP contribution in [0.25, 0.3) is 0 Å². The molecule has 2 aliphatic rings. The Labute approximate surface area is 97.4 Å². The molecular weight excluding hydrogens is 196 g/mol. The number of nitrogen functional groups attached to an aromatic ring is 1. The summed E-state index contributed by atoms with van der Waals surface area (Å²) in [5, 5.41) is 0. The van der Waals surface area contributed by atoms with Crippen LogP contribution in [0.2, 0.25) is 0 Å². The molecule has 2 unspecified atom stereocenters. The van der Waals surface area contributed by atoms with Gasteiger partial charge in [-0.2, -0.15) is 0 Å². The van der Waals surface area contributed by atoms with Gasteiger partial charge in [0.15, 0.2) is 0 Å². The predicted octanol–water partition coefficient (Wildman–Crippen LogP) is 3.04. The van der Waals surface area contributed by atoms with Gasteiger partial charge in [0.05, 0.1) is 11.4 Å². The fraction of sp³-hybridized carbons (Fsp3) is 0.571. The van der Waals surface area contributed by atoms with Gasteiger partial charge in [-0.1, -0.05) is 25.0 Å². The SMILES string of the molecule is Nc1ccccc1N1CCC2CCCCC21. The number of benzene rings is 1. The first-order valence-corrected chi connectivity index (χ1v) is 6.47. The van der Waals surface area contributed by atoms with E-state index in [4.69, 9.17) is 5.73 Å². The van der Waals surface area contributed by atoms with E-state index in [1.807, 2.05) is 12.1 Å². The van der Waals surface area contributed by atoms with Gasteiger partial charge in [-0.3, -0.25) is 0 Å². The van der Waals surface area contributed by atoms with E-state index in [0.29, 0.717) is 0 Å². The van der Waals surface area contributed by atoms with E-state index in [1.54, 1.807) is 0 Å². The number of hydrogen-bond acceptors (Lipinski definition) is 2. The van der Waals surface area contributed by atoms with Crippen LogP contribution in [0.5, 0.6) is 0 Å². The molecule has 0 bridgehead atoms. The van der Waals surface area contributed by atoms with Crippen molar-refractivity contribution in [3.8, 4) is 0 Å². The molecule has 1 heterocycles. The van der Waals surface area contributed by atoms with Crippen molar-refractivity contribution >= 4 is 11.4 Å². The number of hydrogen-bond donors (Lipinski definition) is 1. The lowest BCUT2D eigenvalue weighted by molar-refractivity contribution is 0.342. The van der Waals surface area contributed by atoms with E-state index in [9.17, 15) is 0 Å². The average molecular weight is 216 g/mol. The van der Waals surface area contributed by atoms with E-state index in [2.05, 4.69) is 17.0 Å². The van der Waals surface area contributed by atoms with Crippen LogP contribution >= 0.6 is 0 Å². The number of fused-ring (bicyclic) bond motifs is 1. The summed E-state index contributed by atoms with van der Waals surface area (Å²) in [7, 11) is 0. The van der Waals surface area contributed by atoms with Crippen molar-refractivity contribution in [2.45, 2.75) is 38.1 Å². The van der Waals surface area contributed by atoms with Gasteiger partial charge in [-0.05, 0) is 37.3 Å². The molecule has 3 rings (SSSR count). The molecule has 16 heavy (non-hydrogen) atoms. The molecule has 1 saturated heterocycles. The first-order chi connectivity index (χ1) is 7.86. The summed E-state index contributed by atoms with van der Waals surface area (Å²) >= 11 is 0. The summed E-state index contributed by atoms with van der Waals surface area (Å²) in [4.78, 5) is 2.55. The maximum Gasteiger partial charge on any atom is 0.0602 e. The van der Waals surface area contributed by atoms with Gasteiger partial charge in [-0.25, -0.2) is 0 Å². The Morgan fingerprint density at radius 1 is 1.06 bits per heavy atom. The molecule has 0 spiro atoms. The molecular formula is C14H20N2. The predicted molar refractivity (Wildman–Crippen MR) is 68.6 cm³/mol. The van der Waals surface area contributed by atoms with Crippen molar-refractivity contribution in [1.29, 1.82) is 0 Å². The average Bonchev–Trinajstić information content (AvgIpc) is 2.74. The summed E-state index contributed by atoms with van der Waals surface area (Å²) in [6.07, 6.45) is 6.97. The molecule has 1 aromatic carbocycles. The molecule has 2 heteroatoms.